The van der Waals surface area contributed by atoms with Crippen LogP contribution in [-0.2, 0) is 4.74 Å². The summed E-state index contributed by atoms with van der Waals surface area (Å²) in [5.41, 5.74) is 2.43. The fourth-order valence-electron chi connectivity index (χ4n) is 2.56. The Morgan fingerprint density at radius 2 is 2.00 bits per heavy atom. The van der Waals surface area contributed by atoms with Crippen LogP contribution in [-0.4, -0.2) is 38.9 Å². The second-order valence-corrected chi connectivity index (χ2v) is 5.56. The van der Waals surface area contributed by atoms with Crippen LogP contribution >= 0.6 is 0 Å². The van der Waals surface area contributed by atoms with Gasteiger partial charge in [-0.25, -0.2) is 0 Å². The molecule has 3 heteroatoms. The first-order valence-corrected chi connectivity index (χ1v) is 7.51. The maximum absolute atomic E-state index is 5.50. The maximum Gasteiger partial charge on any atom is 0.0672 e. The highest BCUT2D eigenvalue weighted by Crippen LogP contribution is 2.19. The standard InChI is InChI=1S/C17H26N2O/c1-15(2)14-20-13-10-18-16-8-11-19(12-9-16)17-6-4-3-5-7-17/h3-7,16,18H,1,8-14H2,2H3. The lowest BCUT2D eigenvalue weighted by Gasteiger charge is -2.34. The first kappa shape index (κ1) is 15.1. The SMILES string of the molecule is C=C(C)COCCNC1CCN(c2ccccc2)CC1. The zero-order chi connectivity index (χ0) is 14.2. The Hall–Kier alpha value is -1.32. The lowest BCUT2D eigenvalue weighted by molar-refractivity contribution is 0.154. The molecule has 3 nitrogen and oxygen atoms in total. The molecular formula is C17H26N2O. The Morgan fingerprint density at radius 1 is 1.30 bits per heavy atom. The van der Waals surface area contributed by atoms with Crippen LogP contribution in [0.2, 0.25) is 0 Å². The number of para-hydroxylation sites is 1. The molecule has 110 valence electrons. The smallest absolute Gasteiger partial charge is 0.0672 e. The fraction of sp³-hybridized carbons (Fsp3) is 0.529. The van der Waals surface area contributed by atoms with E-state index in [1.54, 1.807) is 0 Å². The molecule has 0 amide bonds. The normalized spacial score (nSPS) is 16.4. The van der Waals surface area contributed by atoms with E-state index in [9.17, 15) is 0 Å². The van der Waals surface area contributed by atoms with Crippen LogP contribution in [0, 0.1) is 0 Å². The third-order valence-corrected chi connectivity index (χ3v) is 3.64. The molecule has 1 fully saturated rings. The van der Waals surface area contributed by atoms with E-state index >= 15 is 0 Å². The summed E-state index contributed by atoms with van der Waals surface area (Å²) in [7, 11) is 0. The van der Waals surface area contributed by atoms with Gasteiger partial charge in [-0.05, 0) is 31.9 Å². The Bertz CT molecular complexity index is 397. The van der Waals surface area contributed by atoms with Gasteiger partial charge in [0, 0.05) is 31.4 Å². The Kier molecular flexibility index (Phi) is 6.09. The number of hydrogen-bond acceptors (Lipinski definition) is 3. The minimum absolute atomic E-state index is 0.628. The Labute approximate surface area is 122 Å². The van der Waals surface area contributed by atoms with Gasteiger partial charge < -0.3 is 15.0 Å². The average molecular weight is 274 g/mol. The number of benzene rings is 1. The molecule has 1 N–H and O–H groups in total. The van der Waals surface area contributed by atoms with Gasteiger partial charge in [-0.15, -0.1) is 0 Å². The van der Waals surface area contributed by atoms with Crippen LogP contribution in [0.3, 0.4) is 0 Å². The fourth-order valence-corrected chi connectivity index (χ4v) is 2.56. The van der Waals surface area contributed by atoms with Crippen molar-refractivity contribution in [1.29, 1.82) is 0 Å². The summed E-state index contributed by atoms with van der Waals surface area (Å²) >= 11 is 0. The molecule has 1 heterocycles. The van der Waals surface area contributed by atoms with Crippen LogP contribution in [0.5, 0.6) is 0 Å². The quantitative estimate of drug-likeness (QED) is 0.611. The molecule has 0 radical (unpaired) electrons. The topological polar surface area (TPSA) is 24.5 Å². The number of anilines is 1. The van der Waals surface area contributed by atoms with E-state index in [0.717, 1.165) is 31.8 Å². The van der Waals surface area contributed by atoms with E-state index in [1.165, 1.54) is 18.5 Å². The molecule has 0 unspecified atom stereocenters. The van der Waals surface area contributed by atoms with Gasteiger partial charge in [-0.2, -0.15) is 0 Å². The van der Waals surface area contributed by atoms with E-state index in [2.05, 4.69) is 47.1 Å². The van der Waals surface area contributed by atoms with Crippen molar-refractivity contribution in [3.63, 3.8) is 0 Å². The van der Waals surface area contributed by atoms with Gasteiger partial charge in [0.05, 0.1) is 13.2 Å². The Balaban J connectivity index is 1.61. The number of piperidine rings is 1. The molecule has 0 atom stereocenters. The minimum atomic E-state index is 0.628. The first-order chi connectivity index (χ1) is 9.75. The second kappa shape index (κ2) is 8.08. The summed E-state index contributed by atoms with van der Waals surface area (Å²) < 4.78 is 5.50. The molecule has 20 heavy (non-hydrogen) atoms. The summed E-state index contributed by atoms with van der Waals surface area (Å²) in [6, 6.07) is 11.3. The largest absolute Gasteiger partial charge is 0.376 e. The van der Waals surface area contributed by atoms with Crippen molar-refractivity contribution in [3.8, 4) is 0 Å². The van der Waals surface area contributed by atoms with Gasteiger partial charge in [0.1, 0.15) is 0 Å². The molecule has 1 aromatic rings. The molecule has 0 spiro atoms. The maximum atomic E-state index is 5.50. The molecule has 1 saturated heterocycles. The predicted octanol–water partition coefficient (Wildman–Crippen LogP) is 2.84. The molecule has 0 aromatic heterocycles. The first-order valence-electron chi connectivity index (χ1n) is 7.51. The predicted molar refractivity (Wildman–Crippen MR) is 85.3 cm³/mol. The Morgan fingerprint density at radius 3 is 2.65 bits per heavy atom. The van der Waals surface area contributed by atoms with Crippen molar-refractivity contribution in [2.45, 2.75) is 25.8 Å². The van der Waals surface area contributed by atoms with Crippen molar-refractivity contribution in [1.82, 2.24) is 5.32 Å². The van der Waals surface area contributed by atoms with Crippen molar-refractivity contribution in [2.75, 3.05) is 37.7 Å². The average Bonchev–Trinajstić information content (AvgIpc) is 2.48. The highest BCUT2D eigenvalue weighted by Gasteiger charge is 2.18. The van der Waals surface area contributed by atoms with Crippen molar-refractivity contribution < 1.29 is 4.74 Å². The number of nitrogens with one attached hydrogen (secondary N) is 1. The lowest BCUT2D eigenvalue weighted by Crippen LogP contribution is -2.43. The van der Waals surface area contributed by atoms with E-state index < -0.39 is 0 Å². The van der Waals surface area contributed by atoms with Crippen LogP contribution in [0.15, 0.2) is 42.5 Å². The van der Waals surface area contributed by atoms with Gasteiger partial charge in [-0.1, -0.05) is 30.4 Å². The van der Waals surface area contributed by atoms with Crippen LogP contribution in [0.1, 0.15) is 19.8 Å². The van der Waals surface area contributed by atoms with Gasteiger partial charge in [0.2, 0.25) is 0 Å². The number of ether oxygens (including phenoxy) is 1. The number of hydrogen-bond donors (Lipinski definition) is 1. The van der Waals surface area contributed by atoms with Gasteiger partial charge >= 0.3 is 0 Å². The third kappa shape index (κ3) is 4.99. The van der Waals surface area contributed by atoms with E-state index in [-0.39, 0.29) is 0 Å². The van der Waals surface area contributed by atoms with Crippen LogP contribution in [0.25, 0.3) is 0 Å². The van der Waals surface area contributed by atoms with Crippen LogP contribution in [0.4, 0.5) is 5.69 Å². The molecule has 0 saturated carbocycles. The van der Waals surface area contributed by atoms with Crippen molar-refractivity contribution >= 4 is 5.69 Å². The summed E-state index contributed by atoms with van der Waals surface area (Å²) in [5.74, 6) is 0. The third-order valence-electron chi connectivity index (χ3n) is 3.64. The molecule has 1 aliphatic rings. The van der Waals surface area contributed by atoms with Crippen molar-refractivity contribution in [2.24, 2.45) is 0 Å². The summed E-state index contributed by atoms with van der Waals surface area (Å²) in [6.07, 6.45) is 2.41. The highest BCUT2D eigenvalue weighted by molar-refractivity contribution is 5.46. The number of nitrogens with zero attached hydrogens (tertiary/aromatic N) is 1. The number of rotatable bonds is 7. The van der Waals surface area contributed by atoms with Crippen LogP contribution < -0.4 is 10.2 Å². The van der Waals surface area contributed by atoms with Gasteiger partial charge in [-0.3, -0.25) is 0 Å². The zero-order valence-electron chi connectivity index (χ0n) is 12.5. The van der Waals surface area contributed by atoms with Crippen molar-refractivity contribution in [3.05, 3.63) is 42.5 Å². The highest BCUT2D eigenvalue weighted by atomic mass is 16.5. The summed E-state index contributed by atoms with van der Waals surface area (Å²) in [5, 5.41) is 3.59. The summed E-state index contributed by atoms with van der Waals surface area (Å²) in [4.78, 5) is 2.47. The lowest BCUT2D eigenvalue weighted by atomic mass is 10.0. The monoisotopic (exact) mass is 274 g/mol. The molecule has 0 bridgehead atoms. The van der Waals surface area contributed by atoms with E-state index in [4.69, 9.17) is 4.74 Å². The second-order valence-electron chi connectivity index (χ2n) is 5.56. The van der Waals surface area contributed by atoms with Gasteiger partial charge in [0.25, 0.3) is 0 Å². The molecule has 1 aliphatic heterocycles. The molecular weight excluding hydrogens is 248 g/mol. The molecule has 0 aliphatic carbocycles. The zero-order valence-corrected chi connectivity index (χ0v) is 12.5. The van der Waals surface area contributed by atoms with Gasteiger partial charge in [0.15, 0.2) is 0 Å². The molecule has 2 rings (SSSR count). The van der Waals surface area contributed by atoms with E-state index in [1.807, 2.05) is 6.92 Å². The molecule has 1 aromatic carbocycles. The van der Waals surface area contributed by atoms with E-state index in [0.29, 0.717) is 12.6 Å². The summed E-state index contributed by atoms with van der Waals surface area (Å²) in [6.45, 7) is 10.5. The minimum Gasteiger partial charge on any atom is -0.376 e.